The zero-order valence-corrected chi connectivity index (χ0v) is 11.9. The fourth-order valence-corrected chi connectivity index (χ4v) is 2.51. The second kappa shape index (κ2) is 6.59. The number of nitrogens with zero attached hydrogens (tertiary/aromatic N) is 2. The number of nitrogens with one attached hydrogen (secondary N) is 1. The van der Waals surface area contributed by atoms with Crippen molar-refractivity contribution in [2.45, 2.75) is 52.0 Å². The lowest BCUT2D eigenvalue weighted by Crippen LogP contribution is -2.31. The van der Waals surface area contributed by atoms with Gasteiger partial charge >= 0.3 is 0 Å². The van der Waals surface area contributed by atoms with Crippen LogP contribution in [0.5, 0.6) is 5.88 Å². The molecule has 1 saturated carbocycles. The molecule has 0 spiro atoms. The summed E-state index contributed by atoms with van der Waals surface area (Å²) in [6.45, 7) is 4.96. The predicted molar refractivity (Wildman–Crippen MR) is 77.3 cm³/mol. The predicted octanol–water partition coefficient (Wildman–Crippen LogP) is 2.84. The topological polar surface area (TPSA) is 73.1 Å². The molecule has 106 valence electrons. The quantitative estimate of drug-likeness (QED) is 0.855. The van der Waals surface area contributed by atoms with Crippen LogP contribution in [-0.4, -0.2) is 22.6 Å². The number of aromatic nitrogens is 2. The first-order valence-electron chi connectivity index (χ1n) is 7.22. The summed E-state index contributed by atoms with van der Waals surface area (Å²) in [5.74, 6) is 1.85. The molecular formula is C14H24N4O. The molecule has 1 aromatic heterocycles. The van der Waals surface area contributed by atoms with Crippen LogP contribution in [0.25, 0.3) is 0 Å². The fraction of sp³-hybridized carbons (Fsp3) is 0.714. The van der Waals surface area contributed by atoms with Gasteiger partial charge in [-0.3, -0.25) is 0 Å². The zero-order valence-electron chi connectivity index (χ0n) is 11.9. The van der Waals surface area contributed by atoms with Crippen molar-refractivity contribution in [2.75, 3.05) is 17.7 Å². The van der Waals surface area contributed by atoms with Gasteiger partial charge in [0.15, 0.2) is 5.82 Å². The van der Waals surface area contributed by atoms with Crippen molar-refractivity contribution in [1.82, 2.24) is 9.97 Å². The zero-order chi connectivity index (χ0) is 13.7. The van der Waals surface area contributed by atoms with E-state index in [0.717, 1.165) is 6.42 Å². The van der Waals surface area contributed by atoms with Crippen LogP contribution in [0, 0.1) is 5.92 Å². The average molecular weight is 264 g/mol. The molecule has 2 unspecified atom stereocenters. The van der Waals surface area contributed by atoms with Gasteiger partial charge in [0.05, 0.1) is 6.61 Å². The van der Waals surface area contributed by atoms with Crippen molar-refractivity contribution < 1.29 is 4.74 Å². The van der Waals surface area contributed by atoms with Crippen LogP contribution in [0.2, 0.25) is 0 Å². The van der Waals surface area contributed by atoms with E-state index >= 15 is 0 Å². The first-order valence-corrected chi connectivity index (χ1v) is 7.22. The highest BCUT2D eigenvalue weighted by atomic mass is 16.5. The lowest BCUT2D eigenvalue weighted by molar-refractivity contribution is 0.306. The second-order valence-electron chi connectivity index (χ2n) is 5.30. The van der Waals surface area contributed by atoms with E-state index in [4.69, 9.17) is 10.5 Å². The van der Waals surface area contributed by atoms with Gasteiger partial charge in [-0.15, -0.1) is 0 Å². The normalized spacial score (nSPS) is 23.1. The van der Waals surface area contributed by atoms with Gasteiger partial charge in [-0.05, 0) is 25.2 Å². The van der Waals surface area contributed by atoms with Crippen LogP contribution < -0.4 is 15.8 Å². The molecule has 0 bridgehead atoms. The van der Waals surface area contributed by atoms with Crippen LogP contribution in [0.15, 0.2) is 6.33 Å². The molecule has 19 heavy (non-hydrogen) atoms. The number of ether oxygens (including phenoxy) is 1. The van der Waals surface area contributed by atoms with Gasteiger partial charge < -0.3 is 15.8 Å². The maximum Gasteiger partial charge on any atom is 0.242 e. The molecule has 1 aliphatic rings. The van der Waals surface area contributed by atoms with Gasteiger partial charge in [0.25, 0.3) is 0 Å². The number of anilines is 2. The third-order valence-corrected chi connectivity index (χ3v) is 3.72. The Bertz CT molecular complexity index is 410. The number of hydrogen-bond donors (Lipinski definition) is 2. The second-order valence-corrected chi connectivity index (χ2v) is 5.30. The van der Waals surface area contributed by atoms with E-state index in [2.05, 4.69) is 29.1 Å². The molecule has 1 heterocycles. The van der Waals surface area contributed by atoms with Crippen LogP contribution in [0.1, 0.15) is 46.0 Å². The maximum absolute atomic E-state index is 6.07. The monoisotopic (exact) mass is 264 g/mol. The Morgan fingerprint density at radius 1 is 1.37 bits per heavy atom. The summed E-state index contributed by atoms with van der Waals surface area (Å²) in [5.41, 5.74) is 6.60. The van der Waals surface area contributed by atoms with Gasteiger partial charge in [0, 0.05) is 6.04 Å². The summed E-state index contributed by atoms with van der Waals surface area (Å²) in [6.07, 6.45) is 7.48. The molecule has 3 N–H and O–H groups in total. The molecule has 0 aliphatic heterocycles. The first kappa shape index (κ1) is 13.9. The maximum atomic E-state index is 6.07. The molecule has 1 aliphatic carbocycles. The highest BCUT2D eigenvalue weighted by Gasteiger charge is 2.22. The molecular weight excluding hydrogens is 240 g/mol. The minimum absolute atomic E-state index is 0.449. The lowest BCUT2D eigenvalue weighted by atomic mass is 9.86. The van der Waals surface area contributed by atoms with Crippen molar-refractivity contribution >= 4 is 11.5 Å². The van der Waals surface area contributed by atoms with Crippen LogP contribution in [-0.2, 0) is 0 Å². The smallest absolute Gasteiger partial charge is 0.242 e. The Labute approximate surface area is 115 Å². The van der Waals surface area contributed by atoms with E-state index in [1.807, 2.05) is 0 Å². The Morgan fingerprint density at radius 2 is 2.16 bits per heavy atom. The fourth-order valence-electron chi connectivity index (χ4n) is 2.51. The van der Waals surface area contributed by atoms with Gasteiger partial charge in [0.1, 0.15) is 12.0 Å². The molecule has 5 nitrogen and oxygen atoms in total. The molecule has 0 radical (unpaired) electrons. The molecule has 1 aromatic rings. The molecule has 1 fully saturated rings. The number of rotatable bonds is 5. The molecule has 0 aromatic carbocycles. The largest absolute Gasteiger partial charge is 0.476 e. The average Bonchev–Trinajstić information content (AvgIpc) is 2.42. The van der Waals surface area contributed by atoms with Crippen LogP contribution in [0.4, 0.5) is 11.5 Å². The highest BCUT2D eigenvalue weighted by Crippen LogP contribution is 2.30. The number of nitrogen functional groups attached to an aromatic ring is 1. The molecule has 5 heteroatoms. The summed E-state index contributed by atoms with van der Waals surface area (Å²) in [5, 5.41) is 3.46. The molecule has 2 atom stereocenters. The molecule has 2 rings (SSSR count). The van der Waals surface area contributed by atoms with Crippen molar-refractivity contribution in [3.05, 3.63) is 6.33 Å². The lowest BCUT2D eigenvalue weighted by Gasteiger charge is -2.30. The number of hydrogen-bond acceptors (Lipinski definition) is 5. The van der Waals surface area contributed by atoms with E-state index in [-0.39, 0.29) is 0 Å². The first-order chi connectivity index (χ1) is 9.22. The number of nitrogens with two attached hydrogens (primary N) is 1. The Morgan fingerprint density at radius 3 is 2.89 bits per heavy atom. The highest BCUT2D eigenvalue weighted by molar-refractivity contribution is 5.66. The minimum Gasteiger partial charge on any atom is -0.476 e. The van der Waals surface area contributed by atoms with Gasteiger partial charge in [-0.2, -0.15) is 4.98 Å². The summed E-state index contributed by atoms with van der Waals surface area (Å²) < 4.78 is 5.53. The van der Waals surface area contributed by atoms with Gasteiger partial charge in [-0.1, -0.05) is 26.7 Å². The van der Waals surface area contributed by atoms with Crippen LogP contribution in [0.3, 0.4) is 0 Å². The Hall–Kier alpha value is -1.52. The third kappa shape index (κ3) is 3.49. The Kier molecular flexibility index (Phi) is 4.82. The summed E-state index contributed by atoms with van der Waals surface area (Å²) in [7, 11) is 0. The standard InChI is InChI=1S/C14H24N4O/c1-3-8-19-14-12(15)13(16-9-17-14)18-11-7-5-4-6-10(11)2/h9-11H,3-8,15H2,1-2H3,(H,16,17,18). The molecule has 0 amide bonds. The summed E-state index contributed by atoms with van der Waals surface area (Å²) >= 11 is 0. The van der Waals surface area contributed by atoms with Crippen molar-refractivity contribution in [2.24, 2.45) is 5.92 Å². The van der Waals surface area contributed by atoms with Gasteiger partial charge in [0.2, 0.25) is 5.88 Å². The van der Waals surface area contributed by atoms with E-state index in [9.17, 15) is 0 Å². The molecule has 0 saturated heterocycles. The van der Waals surface area contributed by atoms with Crippen LogP contribution >= 0.6 is 0 Å². The van der Waals surface area contributed by atoms with Crippen molar-refractivity contribution in [3.63, 3.8) is 0 Å². The Balaban J connectivity index is 2.07. The SMILES string of the molecule is CCCOc1ncnc(NC2CCCCC2C)c1N. The third-order valence-electron chi connectivity index (χ3n) is 3.72. The van der Waals surface area contributed by atoms with E-state index in [1.165, 1.54) is 32.0 Å². The van der Waals surface area contributed by atoms with E-state index < -0.39 is 0 Å². The van der Waals surface area contributed by atoms with Crippen molar-refractivity contribution in [1.29, 1.82) is 0 Å². The van der Waals surface area contributed by atoms with E-state index in [0.29, 0.717) is 36.0 Å². The van der Waals surface area contributed by atoms with E-state index in [1.54, 1.807) is 0 Å². The minimum atomic E-state index is 0.449. The summed E-state index contributed by atoms with van der Waals surface area (Å²) in [6, 6.07) is 0.449. The van der Waals surface area contributed by atoms with Gasteiger partial charge in [-0.25, -0.2) is 4.98 Å². The summed E-state index contributed by atoms with van der Waals surface area (Å²) in [4.78, 5) is 8.34. The van der Waals surface area contributed by atoms with Crippen molar-refractivity contribution in [3.8, 4) is 5.88 Å².